The molecule has 0 N–H and O–H groups in total. The van der Waals surface area contributed by atoms with Crippen molar-refractivity contribution in [3.8, 4) is 0 Å². The Balaban J connectivity index is 0.000000273. The Labute approximate surface area is 205 Å². The molecule has 0 heterocycles. The van der Waals surface area contributed by atoms with Crippen LogP contribution in [0.15, 0.2) is 72.8 Å². The van der Waals surface area contributed by atoms with Crippen LogP contribution < -0.4 is 24.8 Å². The summed E-state index contributed by atoms with van der Waals surface area (Å²) in [5, 5.41) is 8.21. The molecule has 0 radical (unpaired) electrons. The fourth-order valence-corrected chi connectivity index (χ4v) is 3.80. The monoisotopic (exact) mass is 496 g/mol. The molecule has 0 bridgehead atoms. The molecule has 0 atom stereocenters. The van der Waals surface area contributed by atoms with Crippen molar-refractivity contribution in [2.75, 3.05) is 0 Å². The molecule has 5 aromatic carbocycles. The average Bonchev–Trinajstić information content (AvgIpc) is 3.14. The van der Waals surface area contributed by atoms with Crippen molar-refractivity contribution in [3.63, 3.8) is 0 Å². The number of hydrogen-bond donors (Lipinski definition) is 0. The molecule has 0 nitrogen and oxygen atoms in total. The van der Waals surface area contributed by atoms with Crippen molar-refractivity contribution in [1.29, 1.82) is 0 Å². The first-order valence-corrected chi connectivity index (χ1v) is 9.20. The second-order valence-electron chi connectivity index (χ2n) is 7.44. The minimum absolute atomic E-state index is 0. The molecule has 5 aromatic rings. The number of hydrogen-bond acceptors (Lipinski definition) is 0. The van der Waals surface area contributed by atoms with E-state index in [0.717, 1.165) is 0 Å². The Kier molecular flexibility index (Phi) is 9.35. The Hall–Kier alpha value is -1.40. The van der Waals surface area contributed by atoms with Crippen LogP contribution in [-0.2, 0) is 26.2 Å². The summed E-state index contributed by atoms with van der Waals surface area (Å²) >= 11 is 0. The fourth-order valence-electron chi connectivity index (χ4n) is 3.80. The molecular weight excluding hydrogens is 474 g/mol. The normalized spacial score (nSPS) is 9.93. The molecule has 0 fully saturated rings. The van der Waals surface area contributed by atoms with Gasteiger partial charge in [-0.05, 0) is 13.8 Å². The SMILES string of the molecule is Cc1cc2cccc(C)c2[cH-]1.Cc1ccc2c(c1)[cH-]c1cc(C)ccc12.[Cl-].[Cl-].[Zr+4]. The third-order valence-electron chi connectivity index (χ3n) is 5.13. The summed E-state index contributed by atoms with van der Waals surface area (Å²) in [7, 11) is 0. The van der Waals surface area contributed by atoms with Crippen LogP contribution in [0.3, 0.4) is 0 Å². The van der Waals surface area contributed by atoms with Crippen LogP contribution in [0, 0.1) is 27.7 Å². The van der Waals surface area contributed by atoms with E-state index in [4.69, 9.17) is 0 Å². The van der Waals surface area contributed by atoms with Gasteiger partial charge < -0.3 is 24.8 Å². The second-order valence-corrected chi connectivity index (χ2v) is 7.44. The molecule has 0 aliphatic carbocycles. The first kappa shape index (κ1) is 25.6. The van der Waals surface area contributed by atoms with Gasteiger partial charge in [0.25, 0.3) is 0 Å². The number of rotatable bonds is 0. The van der Waals surface area contributed by atoms with E-state index < -0.39 is 0 Å². The van der Waals surface area contributed by atoms with Crippen molar-refractivity contribution in [2.45, 2.75) is 27.7 Å². The molecule has 0 saturated heterocycles. The van der Waals surface area contributed by atoms with Gasteiger partial charge in [-0.2, -0.15) is 6.07 Å². The van der Waals surface area contributed by atoms with Crippen LogP contribution >= 0.6 is 0 Å². The number of fused-ring (bicyclic) bond motifs is 4. The fraction of sp³-hybridized carbons (Fsp3) is 0.154. The third kappa shape index (κ3) is 5.40. The molecule has 0 aliphatic rings. The molecule has 0 saturated carbocycles. The smallest absolute Gasteiger partial charge is 1.00 e. The maximum atomic E-state index is 2.28. The van der Waals surface area contributed by atoms with Gasteiger partial charge in [0.05, 0.1) is 0 Å². The van der Waals surface area contributed by atoms with Gasteiger partial charge in [-0.15, -0.1) is 79.8 Å². The van der Waals surface area contributed by atoms with Gasteiger partial charge in [0.1, 0.15) is 0 Å². The number of halogens is 2. The maximum absolute atomic E-state index is 2.28. The van der Waals surface area contributed by atoms with Gasteiger partial charge in [0.15, 0.2) is 0 Å². The molecule has 0 spiro atoms. The van der Waals surface area contributed by atoms with Gasteiger partial charge in [-0.3, -0.25) is 0 Å². The zero-order valence-electron chi connectivity index (χ0n) is 17.2. The molecule has 3 heteroatoms. The Bertz CT molecular complexity index is 1170. The van der Waals surface area contributed by atoms with E-state index in [1.165, 1.54) is 54.6 Å². The molecule has 5 rings (SSSR count). The Morgan fingerprint density at radius 2 is 1.17 bits per heavy atom. The summed E-state index contributed by atoms with van der Waals surface area (Å²) in [6, 6.07) is 26.5. The van der Waals surface area contributed by atoms with E-state index in [-0.39, 0.29) is 51.0 Å². The molecule has 0 unspecified atom stereocenters. The van der Waals surface area contributed by atoms with Crippen molar-refractivity contribution >= 4 is 32.3 Å². The van der Waals surface area contributed by atoms with Crippen molar-refractivity contribution < 1.29 is 51.0 Å². The predicted molar refractivity (Wildman–Crippen MR) is 116 cm³/mol. The molecule has 0 aromatic heterocycles. The number of benzene rings is 3. The molecular formula is C26H24Cl2Zr. The zero-order chi connectivity index (χ0) is 18.3. The first-order chi connectivity index (χ1) is 12.5. The van der Waals surface area contributed by atoms with Crippen LogP contribution in [0.25, 0.3) is 32.3 Å². The van der Waals surface area contributed by atoms with Gasteiger partial charge in [-0.1, -0.05) is 55.3 Å². The van der Waals surface area contributed by atoms with Crippen LogP contribution in [0.2, 0.25) is 0 Å². The predicted octanol–water partition coefficient (Wildman–Crippen LogP) is 1.51. The Morgan fingerprint density at radius 3 is 1.69 bits per heavy atom. The standard InChI is InChI=1S/C15H13.C11H11.2ClH.Zr/c1-10-3-5-14-12(7-10)9-13-8-11(2)4-6-15(13)14;1-8-6-10-5-3-4-9(2)11(10)7-8;;;/h3-9H,1-2H3;3-7H,1-2H3;2*1H;/q2*-1;;;+4/p-2. The van der Waals surface area contributed by atoms with Gasteiger partial charge in [0, 0.05) is 0 Å². The molecule has 0 amide bonds. The van der Waals surface area contributed by atoms with Crippen LogP contribution in [0.1, 0.15) is 22.3 Å². The molecule has 0 aliphatic heterocycles. The second kappa shape index (κ2) is 10.6. The van der Waals surface area contributed by atoms with E-state index >= 15 is 0 Å². The molecule has 29 heavy (non-hydrogen) atoms. The van der Waals surface area contributed by atoms with E-state index in [1.54, 1.807) is 0 Å². The maximum Gasteiger partial charge on any atom is 4.00 e. The van der Waals surface area contributed by atoms with E-state index in [0.29, 0.717) is 0 Å². The minimum Gasteiger partial charge on any atom is -1.00 e. The van der Waals surface area contributed by atoms with Crippen molar-refractivity contribution in [1.82, 2.24) is 0 Å². The van der Waals surface area contributed by atoms with Crippen LogP contribution in [-0.4, -0.2) is 0 Å². The Morgan fingerprint density at radius 1 is 0.621 bits per heavy atom. The summed E-state index contributed by atoms with van der Waals surface area (Å²) in [5.41, 5.74) is 5.38. The third-order valence-corrected chi connectivity index (χ3v) is 5.13. The van der Waals surface area contributed by atoms with Crippen LogP contribution in [0.4, 0.5) is 0 Å². The van der Waals surface area contributed by atoms with E-state index in [2.05, 4.69) is 100 Å². The molecule has 146 valence electrons. The largest absolute Gasteiger partial charge is 4.00 e. The average molecular weight is 499 g/mol. The quantitative estimate of drug-likeness (QED) is 0.284. The number of aryl methyl sites for hydroxylation is 4. The van der Waals surface area contributed by atoms with Crippen molar-refractivity contribution in [2.24, 2.45) is 0 Å². The van der Waals surface area contributed by atoms with Crippen LogP contribution in [0.5, 0.6) is 0 Å². The topological polar surface area (TPSA) is 0 Å². The minimum atomic E-state index is 0. The zero-order valence-corrected chi connectivity index (χ0v) is 21.2. The van der Waals surface area contributed by atoms with Gasteiger partial charge in [0.2, 0.25) is 0 Å². The van der Waals surface area contributed by atoms with Gasteiger partial charge >= 0.3 is 26.2 Å². The summed E-state index contributed by atoms with van der Waals surface area (Å²) < 4.78 is 0. The summed E-state index contributed by atoms with van der Waals surface area (Å²) in [6.45, 7) is 8.58. The summed E-state index contributed by atoms with van der Waals surface area (Å²) in [5.74, 6) is 0. The first-order valence-electron chi connectivity index (χ1n) is 9.20. The van der Waals surface area contributed by atoms with E-state index in [9.17, 15) is 0 Å². The van der Waals surface area contributed by atoms with E-state index in [1.807, 2.05) is 0 Å². The summed E-state index contributed by atoms with van der Waals surface area (Å²) in [4.78, 5) is 0. The van der Waals surface area contributed by atoms with Crippen molar-refractivity contribution in [3.05, 3.63) is 95.1 Å². The summed E-state index contributed by atoms with van der Waals surface area (Å²) in [6.07, 6.45) is 0. The van der Waals surface area contributed by atoms with Gasteiger partial charge in [-0.25, -0.2) is 0 Å².